The van der Waals surface area contributed by atoms with Crippen molar-refractivity contribution in [3.63, 3.8) is 0 Å². The highest BCUT2D eigenvalue weighted by Crippen LogP contribution is 2.37. The third kappa shape index (κ3) is 6.65. The van der Waals surface area contributed by atoms with Gasteiger partial charge < -0.3 is 25.8 Å². The van der Waals surface area contributed by atoms with Gasteiger partial charge in [0.1, 0.15) is 16.2 Å². The van der Waals surface area contributed by atoms with Crippen molar-refractivity contribution in [3.05, 3.63) is 64.0 Å². The summed E-state index contributed by atoms with van der Waals surface area (Å²) in [5.74, 6) is -0.828. The number of nitrogens with one attached hydrogen (secondary N) is 3. The van der Waals surface area contributed by atoms with Gasteiger partial charge in [0.15, 0.2) is 0 Å². The number of amides is 3. The molecule has 8 nitrogen and oxygen atoms in total. The molecule has 1 fully saturated rings. The number of thiophene rings is 1. The zero-order chi connectivity index (χ0) is 28.9. The normalized spacial score (nSPS) is 14.9. The number of hydrogen-bond donors (Lipinski definition) is 4. The molecule has 0 radical (unpaired) electrons. The summed E-state index contributed by atoms with van der Waals surface area (Å²) in [6.07, 6.45) is 5.17. The number of carbonyl (C=O) groups is 3. The van der Waals surface area contributed by atoms with E-state index in [2.05, 4.69) is 16.0 Å². The third-order valence-corrected chi connectivity index (χ3v) is 8.63. The van der Waals surface area contributed by atoms with Gasteiger partial charge in [0, 0.05) is 10.6 Å². The Balaban J connectivity index is 1.66. The molecular formula is C31H37N3O5S. The predicted molar refractivity (Wildman–Crippen MR) is 160 cm³/mol. The van der Waals surface area contributed by atoms with Crippen molar-refractivity contribution < 1.29 is 24.2 Å². The number of ether oxygens (including phenoxy) is 1. The molecule has 0 atom stereocenters. The first kappa shape index (κ1) is 29.1. The van der Waals surface area contributed by atoms with Crippen LogP contribution in [0.25, 0.3) is 10.4 Å². The minimum absolute atomic E-state index is 0.251. The second-order valence-electron chi connectivity index (χ2n) is 10.5. The lowest BCUT2D eigenvalue weighted by Gasteiger charge is -2.32. The highest BCUT2D eigenvalue weighted by atomic mass is 32.1. The molecule has 0 saturated heterocycles. The first-order valence-electron chi connectivity index (χ1n) is 13.6. The summed E-state index contributed by atoms with van der Waals surface area (Å²) in [6.45, 7) is 5.86. The van der Waals surface area contributed by atoms with Crippen molar-refractivity contribution in [2.75, 3.05) is 17.7 Å². The molecule has 1 saturated carbocycles. The lowest BCUT2D eigenvalue weighted by molar-refractivity contribution is -0.145. The molecule has 4 N–H and O–H groups in total. The Hall–Kier alpha value is -3.85. The van der Waals surface area contributed by atoms with E-state index in [0.717, 1.165) is 59.2 Å². The molecule has 9 heteroatoms. The van der Waals surface area contributed by atoms with E-state index in [4.69, 9.17) is 4.74 Å². The van der Waals surface area contributed by atoms with Crippen LogP contribution in [0.15, 0.2) is 42.5 Å². The predicted octanol–water partition coefficient (Wildman–Crippen LogP) is 7.29. The fourth-order valence-electron chi connectivity index (χ4n) is 5.37. The number of aliphatic carboxylic acids is 1. The molecule has 2 aromatic carbocycles. The first-order valence-corrected chi connectivity index (χ1v) is 14.4. The molecule has 1 heterocycles. The van der Waals surface area contributed by atoms with Crippen LogP contribution in [-0.4, -0.2) is 35.7 Å². The number of carboxylic acids is 1. The van der Waals surface area contributed by atoms with Crippen molar-refractivity contribution in [2.45, 2.75) is 71.3 Å². The van der Waals surface area contributed by atoms with Gasteiger partial charge in [0.05, 0.1) is 12.8 Å². The number of urea groups is 1. The molecule has 1 aliphatic carbocycles. The van der Waals surface area contributed by atoms with Crippen molar-refractivity contribution in [1.29, 1.82) is 0 Å². The molecule has 0 bridgehead atoms. The van der Waals surface area contributed by atoms with E-state index < -0.39 is 23.4 Å². The van der Waals surface area contributed by atoms with Gasteiger partial charge in [0.2, 0.25) is 0 Å². The summed E-state index contributed by atoms with van der Waals surface area (Å²) < 4.78 is 5.26. The van der Waals surface area contributed by atoms with Crippen LogP contribution >= 0.6 is 11.3 Å². The number of carboxylic acid groups (broad SMARTS) is 1. The average Bonchev–Trinajstić information content (AvgIpc) is 3.31. The summed E-state index contributed by atoms with van der Waals surface area (Å²) in [7, 11) is 1.59. The van der Waals surface area contributed by atoms with E-state index in [1.165, 1.54) is 11.3 Å². The van der Waals surface area contributed by atoms with Crippen LogP contribution in [-0.2, 0) is 4.79 Å². The van der Waals surface area contributed by atoms with Crippen LogP contribution in [0.3, 0.4) is 0 Å². The fraction of sp³-hybridized carbons (Fsp3) is 0.387. The lowest BCUT2D eigenvalue weighted by Crippen LogP contribution is -2.54. The van der Waals surface area contributed by atoms with Crippen molar-refractivity contribution in [1.82, 2.24) is 5.32 Å². The SMILES string of the molecule is COc1ccc(-c2cc(NC(=O)Nc3c(C)cc(C)cc3C)c(C(=O)NC3(C(=O)O)CCCCCCC3)s2)cc1. The number of carbonyl (C=O) groups excluding carboxylic acids is 2. The van der Waals surface area contributed by atoms with Crippen LogP contribution < -0.4 is 20.7 Å². The number of aryl methyl sites for hydroxylation is 3. The monoisotopic (exact) mass is 563 g/mol. The van der Waals surface area contributed by atoms with E-state index in [1.807, 2.05) is 57.2 Å². The number of hydrogen-bond acceptors (Lipinski definition) is 5. The summed E-state index contributed by atoms with van der Waals surface area (Å²) in [5.41, 5.74) is 3.50. The maximum Gasteiger partial charge on any atom is 0.329 e. The summed E-state index contributed by atoms with van der Waals surface area (Å²) in [6, 6.07) is 12.7. The average molecular weight is 564 g/mol. The first-order chi connectivity index (χ1) is 19.1. The third-order valence-electron chi connectivity index (χ3n) is 7.45. The van der Waals surface area contributed by atoms with E-state index in [9.17, 15) is 19.5 Å². The quantitative estimate of drug-likeness (QED) is 0.241. The van der Waals surface area contributed by atoms with Gasteiger partial charge in [-0.2, -0.15) is 0 Å². The van der Waals surface area contributed by atoms with Crippen LogP contribution in [0.4, 0.5) is 16.2 Å². The Morgan fingerprint density at radius 3 is 2.05 bits per heavy atom. The topological polar surface area (TPSA) is 117 Å². The standard InChI is InChI=1S/C31H37N3O5S/c1-19-16-20(2)26(21(3)17-19)33-30(38)32-24-18-25(22-10-12-23(39-4)13-11-22)40-27(24)28(35)34-31(29(36)37)14-8-6-5-7-9-15-31/h10-13,16-18H,5-9,14-15H2,1-4H3,(H,34,35)(H,36,37)(H2,32,33,38). The largest absolute Gasteiger partial charge is 0.497 e. The highest BCUT2D eigenvalue weighted by molar-refractivity contribution is 7.18. The maximum atomic E-state index is 13.7. The molecule has 4 rings (SSSR count). The minimum Gasteiger partial charge on any atom is -0.497 e. The Labute approximate surface area is 239 Å². The molecule has 0 unspecified atom stereocenters. The van der Waals surface area contributed by atoms with Crippen LogP contribution in [0.2, 0.25) is 0 Å². The molecule has 3 aromatic rings. The lowest BCUT2D eigenvalue weighted by atomic mass is 9.84. The highest BCUT2D eigenvalue weighted by Gasteiger charge is 2.40. The molecular weight excluding hydrogens is 526 g/mol. The minimum atomic E-state index is -1.34. The van der Waals surface area contributed by atoms with Crippen LogP contribution in [0.5, 0.6) is 5.75 Å². The number of rotatable bonds is 7. The van der Waals surface area contributed by atoms with E-state index in [0.29, 0.717) is 30.0 Å². The maximum absolute atomic E-state index is 13.7. The van der Waals surface area contributed by atoms with Crippen LogP contribution in [0.1, 0.15) is 71.3 Å². The number of anilines is 2. The van der Waals surface area contributed by atoms with E-state index in [-0.39, 0.29) is 4.88 Å². The molecule has 0 aliphatic heterocycles. The second kappa shape index (κ2) is 12.6. The Morgan fingerprint density at radius 2 is 1.48 bits per heavy atom. The van der Waals surface area contributed by atoms with Crippen LogP contribution in [0, 0.1) is 20.8 Å². The molecule has 0 spiro atoms. The van der Waals surface area contributed by atoms with Gasteiger partial charge >= 0.3 is 12.0 Å². The summed E-state index contributed by atoms with van der Waals surface area (Å²) in [5, 5.41) is 18.8. The summed E-state index contributed by atoms with van der Waals surface area (Å²) in [4.78, 5) is 40.3. The van der Waals surface area contributed by atoms with Gasteiger partial charge in [0.25, 0.3) is 5.91 Å². The zero-order valence-electron chi connectivity index (χ0n) is 23.5. The van der Waals surface area contributed by atoms with Gasteiger partial charge in [-0.25, -0.2) is 9.59 Å². The van der Waals surface area contributed by atoms with Gasteiger partial charge in [-0.1, -0.05) is 49.8 Å². The zero-order valence-corrected chi connectivity index (χ0v) is 24.3. The van der Waals surface area contributed by atoms with E-state index >= 15 is 0 Å². The van der Waals surface area contributed by atoms with Crippen molar-refractivity contribution >= 4 is 40.6 Å². The number of benzene rings is 2. The van der Waals surface area contributed by atoms with Crippen molar-refractivity contribution in [3.8, 4) is 16.2 Å². The molecule has 40 heavy (non-hydrogen) atoms. The van der Waals surface area contributed by atoms with Crippen molar-refractivity contribution in [2.24, 2.45) is 0 Å². The second-order valence-corrected chi connectivity index (χ2v) is 11.6. The van der Waals surface area contributed by atoms with Gasteiger partial charge in [-0.3, -0.25) is 4.79 Å². The molecule has 212 valence electrons. The van der Waals surface area contributed by atoms with E-state index in [1.54, 1.807) is 13.2 Å². The number of methoxy groups -OCH3 is 1. The molecule has 3 amide bonds. The van der Waals surface area contributed by atoms with Gasteiger partial charge in [-0.05, 0) is 80.6 Å². The molecule has 1 aromatic heterocycles. The Bertz CT molecular complexity index is 1370. The smallest absolute Gasteiger partial charge is 0.329 e. The fourth-order valence-corrected chi connectivity index (χ4v) is 6.38. The molecule has 1 aliphatic rings. The Morgan fingerprint density at radius 1 is 0.875 bits per heavy atom. The Kier molecular flexibility index (Phi) is 9.14. The summed E-state index contributed by atoms with van der Waals surface area (Å²) >= 11 is 1.21. The van der Waals surface area contributed by atoms with Gasteiger partial charge in [-0.15, -0.1) is 11.3 Å².